The predicted octanol–water partition coefficient (Wildman–Crippen LogP) is 8.05. The molecule has 0 heterocycles. The molecule has 0 saturated heterocycles. The van der Waals surface area contributed by atoms with Gasteiger partial charge in [-0.15, -0.1) is 13.2 Å². The molecular formula is C28H30F4O3. The maximum absolute atomic E-state index is 14.9. The molecule has 0 atom stereocenters. The van der Waals surface area contributed by atoms with Gasteiger partial charge in [-0.25, -0.2) is 13.2 Å². The summed E-state index contributed by atoms with van der Waals surface area (Å²) in [5.41, 5.74) is 0.753. The number of ether oxygens (including phenoxy) is 2. The minimum Gasteiger partial charge on any atom is -0.508 e. The zero-order valence-electron chi connectivity index (χ0n) is 19.8. The molecule has 0 radical (unpaired) electrons. The van der Waals surface area contributed by atoms with Crippen LogP contribution in [0.4, 0.5) is 17.6 Å². The third kappa shape index (κ3) is 6.85. The van der Waals surface area contributed by atoms with Crippen LogP contribution < -0.4 is 0 Å². The normalized spacial score (nSPS) is 18.1. The van der Waals surface area contributed by atoms with Crippen molar-refractivity contribution in [3.8, 4) is 16.9 Å². The molecular weight excluding hydrogens is 460 g/mol. The summed E-state index contributed by atoms with van der Waals surface area (Å²) in [6.07, 6.45) is 2.05. The van der Waals surface area contributed by atoms with E-state index in [1.807, 2.05) is 0 Å². The second-order valence-electron chi connectivity index (χ2n) is 8.02. The summed E-state index contributed by atoms with van der Waals surface area (Å²) in [6.45, 7) is 12.6. The maximum atomic E-state index is 14.9. The summed E-state index contributed by atoms with van der Waals surface area (Å²) in [6, 6.07) is 9.03. The van der Waals surface area contributed by atoms with Crippen LogP contribution in [0.15, 0.2) is 85.7 Å². The number of allylic oxidation sites excluding steroid dienone is 1. The van der Waals surface area contributed by atoms with E-state index in [4.69, 9.17) is 4.74 Å². The van der Waals surface area contributed by atoms with E-state index in [2.05, 4.69) is 31.1 Å². The molecule has 0 bridgehead atoms. The number of benzene rings is 2. The van der Waals surface area contributed by atoms with E-state index in [9.17, 15) is 22.7 Å². The van der Waals surface area contributed by atoms with Crippen LogP contribution in [0.1, 0.15) is 37.2 Å². The third-order valence-corrected chi connectivity index (χ3v) is 5.89. The number of methoxy groups -OCH3 is 1. The Morgan fingerprint density at radius 2 is 1.51 bits per heavy atom. The van der Waals surface area contributed by atoms with Crippen molar-refractivity contribution in [3.63, 3.8) is 0 Å². The van der Waals surface area contributed by atoms with Gasteiger partial charge in [0.15, 0.2) is 23.3 Å². The molecule has 3 rings (SSSR count). The molecule has 0 unspecified atom stereocenters. The Balaban J connectivity index is 0.00000210. The highest BCUT2D eigenvalue weighted by molar-refractivity contribution is 5.65. The van der Waals surface area contributed by atoms with Crippen LogP contribution >= 0.6 is 0 Å². The van der Waals surface area contributed by atoms with E-state index in [1.54, 1.807) is 12.1 Å². The molecule has 2 aromatic rings. The van der Waals surface area contributed by atoms with Gasteiger partial charge in [-0.2, -0.15) is 4.39 Å². The summed E-state index contributed by atoms with van der Waals surface area (Å²) in [5, 5.41) is 9.39. The van der Waals surface area contributed by atoms with Gasteiger partial charge in [0.05, 0.1) is 19.8 Å². The molecule has 35 heavy (non-hydrogen) atoms. The van der Waals surface area contributed by atoms with E-state index >= 15 is 0 Å². The fourth-order valence-corrected chi connectivity index (χ4v) is 3.93. The average molecular weight is 491 g/mol. The molecule has 0 aliphatic heterocycles. The Morgan fingerprint density at radius 3 is 2.09 bits per heavy atom. The molecule has 0 aromatic heterocycles. The number of phenolic OH excluding ortho intramolecular Hbond substituents is 1. The number of halogens is 4. The minimum absolute atomic E-state index is 0.0446. The Bertz CT molecular complexity index is 1070. The van der Waals surface area contributed by atoms with Crippen molar-refractivity contribution in [2.75, 3.05) is 13.7 Å². The smallest absolute Gasteiger partial charge is 0.200 e. The molecule has 188 valence electrons. The first-order valence-corrected chi connectivity index (χ1v) is 11.1. The molecule has 3 nitrogen and oxygen atoms in total. The molecule has 0 spiro atoms. The highest BCUT2D eigenvalue weighted by atomic mass is 19.2. The lowest BCUT2D eigenvalue weighted by Crippen LogP contribution is -2.22. The van der Waals surface area contributed by atoms with E-state index < -0.39 is 29.0 Å². The van der Waals surface area contributed by atoms with Gasteiger partial charge >= 0.3 is 0 Å². The van der Waals surface area contributed by atoms with Crippen molar-refractivity contribution in [2.45, 2.75) is 37.7 Å². The number of hydrogen-bond donors (Lipinski definition) is 1. The standard InChI is InChI=1S/C26H26F4O3.C2H4/c1-15(23(27)24(28)16(2)32-3)14-33-20-10-6-18(7-11-20)22-13-12-21(25(29)26(22)30)17-4-8-19(31)9-5-17;1-2/h4-5,8-9,12-13,18,20,31H,1-2,6-7,10-11,14H2,3H3;1-2H2/b24-23-;. The lowest BCUT2D eigenvalue weighted by atomic mass is 9.82. The van der Waals surface area contributed by atoms with Crippen LogP contribution in [0.3, 0.4) is 0 Å². The Labute approximate surface area is 203 Å². The van der Waals surface area contributed by atoms with Gasteiger partial charge in [0.25, 0.3) is 0 Å². The summed E-state index contributed by atoms with van der Waals surface area (Å²) >= 11 is 0. The summed E-state index contributed by atoms with van der Waals surface area (Å²) < 4.78 is 67.6. The van der Waals surface area contributed by atoms with Gasteiger partial charge < -0.3 is 14.6 Å². The SMILES string of the molecule is C=C.C=C(COC1CCC(c2ccc(-c3ccc(O)cc3)c(F)c2F)CC1)/C(F)=C(/F)C(=C)OC. The largest absolute Gasteiger partial charge is 0.508 e. The van der Waals surface area contributed by atoms with Crippen molar-refractivity contribution in [3.05, 3.63) is 103 Å². The van der Waals surface area contributed by atoms with E-state index in [0.717, 1.165) is 0 Å². The van der Waals surface area contributed by atoms with Crippen LogP contribution in [0, 0.1) is 11.6 Å². The zero-order valence-corrected chi connectivity index (χ0v) is 19.8. The van der Waals surface area contributed by atoms with E-state index in [1.165, 1.54) is 31.4 Å². The van der Waals surface area contributed by atoms with Gasteiger partial charge in [-0.1, -0.05) is 37.4 Å². The summed E-state index contributed by atoms with van der Waals surface area (Å²) in [5.74, 6) is -4.74. The Morgan fingerprint density at radius 1 is 0.914 bits per heavy atom. The number of aromatic hydroxyl groups is 1. The molecule has 7 heteroatoms. The molecule has 1 saturated carbocycles. The van der Waals surface area contributed by atoms with Crippen molar-refractivity contribution in [2.24, 2.45) is 0 Å². The Hall–Kier alpha value is -3.32. The van der Waals surface area contributed by atoms with Crippen LogP contribution in [-0.2, 0) is 9.47 Å². The highest BCUT2D eigenvalue weighted by Crippen LogP contribution is 2.38. The molecule has 1 aliphatic rings. The van der Waals surface area contributed by atoms with E-state index in [-0.39, 0.29) is 35.5 Å². The molecule has 2 aromatic carbocycles. The fourth-order valence-electron chi connectivity index (χ4n) is 3.93. The van der Waals surface area contributed by atoms with Crippen LogP contribution in [0.25, 0.3) is 11.1 Å². The summed E-state index contributed by atoms with van der Waals surface area (Å²) in [4.78, 5) is 0. The summed E-state index contributed by atoms with van der Waals surface area (Å²) in [7, 11) is 1.18. The quantitative estimate of drug-likeness (QED) is 0.176. The first-order chi connectivity index (χ1) is 16.7. The minimum atomic E-state index is -1.22. The first kappa shape index (κ1) is 27.9. The van der Waals surface area contributed by atoms with Crippen LogP contribution in [0.5, 0.6) is 5.75 Å². The highest BCUT2D eigenvalue weighted by Gasteiger charge is 2.27. The van der Waals surface area contributed by atoms with Crippen molar-refractivity contribution in [1.82, 2.24) is 0 Å². The average Bonchev–Trinajstić information content (AvgIpc) is 2.89. The Kier molecular flexibility index (Phi) is 10.3. The van der Waals surface area contributed by atoms with Crippen LogP contribution in [-0.4, -0.2) is 24.9 Å². The monoisotopic (exact) mass is 490 g/mol. The topological polar surface area (TPSA) is 38.7 Å². The van der Waals surface area contributed by atoms with Crippen molar-refractivity contribution < 1.29 is 32.1 Å². The van der Waals surface area contributed by atoms with Crippen LogP contribution in [0.2, 0.25) is 0 Å². The fraction of sp³-hybridized carbons (Fsp3) is 0.286. The molecule has 1 fully saturated rings. The van der Waals surface area contributed by atoms with Gasteiger partial charge in [0, 0.05) is 11.1 Å². The zero-order chi connectivity index (χ0) is 26.1. The lowest BCUT2D eigenvalue weighted by molar-refractivity contribution is 0.0380. The predicted molar refractivity (Wildman–Crippen MR) is 130 cm³/mol. The third-order valence-electron chi connectivity index (χ3n) is 5.89. The number of hydrogen-bond acceptors (Lipinski definition) is 3. The second-order valence-corrected chi connectivity index (χ2v) is 8.02. The maximum Gasteiger partial charge on any atom is 0.200 e. The molecule has 0 amide bonds. The number of phenols is 1. The van der Waals surface area contributed by atoms with E-state index in [0.29, 0.717) is 36.8 Å². The van der Waals surface area contributed by atoms with Gasteiger partial charge in [0.1, 0.15) is 11.5 Å². The molecule has 1 N–H and O–H groups in total. The second kappa shape index (κ2) is 13.0. The van der Waals surface area contributed by atoms with Crippen molar-refractivity contribution in [1.29, 1.82) is 0 Å². The van der Waals surface area contributed by atoms with Gasteiger partial charge in [-0.05, 0) is 54.9 Å². The van der Waals surface area contributed by atoms with Crippen molar-refractivity contribution >= 4 is 0 Å². The number of rotatable bonds is 8. The lowest BCUT2D eigenvalue weighted by Gasteiger charge is -2.29. The first-order valence-electron chi connectivity index (χ1n) is 11.1. The van der Waals surface area contributed by atoms with Gasteiger partial charge in [-0.3, -0.25) is 0 Å². The van der Waals surface area contributed by atoms with Gasteiger partial charge in [0.2, 0.25) is 0 Å². The molecule has 1 aliphatic carbocycles.